The molecule has 0 aliphatic rings. The number of rotatable bonds is 15. The minimum Gasteiger partial charge on any atom is -0.467 e. The first-order valence-corrected chi connectivity index (χ1v) is 13.4. The quantitative estimate of drug-likeness (QED) is 0.240. The Balaban J connectivity index is 1.41. The first kappa shape index (κ1) is 30.9. The van der Waals surface area contributed by atoms with Gasteiger partial charge in [0.2, 0.25) is 17.7 Å². The molecule has 11 nitrogen and oxygen atoms in total. The van der Waals surface area contributed by atoms with Gasteiger partial charge in [0.1, 0.15) is 6.04 Å². The Kier molecular flexibility index (Phi) is 12.4. The lowest BCUT2D eigenvalue weighted by molar-refractivity contribution is -0.144. The van der Waals surface area contributed by atoms with Gasteiger partial charge in [0.15, 0.2) is 0 Å². The zero-order chi connectivity index (χ0) is 29.5. The molecule has 3 rings (SSSR count). The third kappa shape index (κ3) is 11.6. The van der Waals surface area contributed by atoms with Crippen molar-refractivity contribution < 1.29 is 23.9 Å². The Morgan fingerprint density at radius 1 is 0.829 bits per heavy atom. The van der Waals surface area contributed by atoms with E-state index >= 15 is 0 Å². The number of esters is 1. The number of carbonyl (C=O) groups is 4. The van der Waals surface area contributed by atoms with E-state index in [4.69, 9.17) is 0 Å². The molecule has 0 fully saturated rings. The fraction of sp³-hybridized carbons (Fsp3) is 0.333. The molecule has 216 valence electrons. The fourth-order valence-corrected chi connectivity index (χ4v) is 3.98. The number of benzene rings is 1. The molecule has 0 aliphatic heterocycles. The lowest BCUT2D eigenvalue weighted by Crippen LogP contribution is -2.39. The van der Waals surface area contributed by atoms with Gasteiger partial charge in [-0.2, -0.15) is 0 Å². The van der Waals surface area contributed by atoms with Gasteiger partial charge in [-0.15, -0.1) is 0 Å². The molecule has 0 saturated heterocycles. The van der Waals surface area contributed by atoms with Crippen molar-refractivity contribution in [1.29, 1.82) is 0 Å². The third-order valence-electron chi connectivity index (χ3n) is 6.08. The topological polar surface area (TPSA) is 143 Å². The Bertz CT molecular complexity index is 1230. The maximum Gasteiger partial charge on any atom is 0.328 e. The molecule has 11 heteroatoms. The number of pyridine rings is 2. The van der Waals surface area contributed by atoms with Crippen molar-refractivity contribution in [3.05, 3.63) is 90.0 Å². The monoisotopic (exact) mass is 560 g/mol. The number of nitrogens with zero attached hydrogens (tertiary/aromatic N) is 3. The zero-order valence-electron chi connectivity index (χ0n) is 23.3. The molecule has 0 aliphatic carbocycles. The van der Waals surface area contributed by atoms with Gasteiger partial charge in [-0.25, -0.2) is 4.79 Å². The number of methoxy groups -OCH3 is 1. The van der Waals surface area contributed by atoms with Crippen LogP contribution >= 0.6 is 0 Å². The van der Waals surface area contributed by atoms with Crippen LogP contribution in [0.2, 0.25) is 0 Å². The summed E-state index contributed by atoms with van der Waals surface area (Å²) in [5.41, 5.74) is 3.39. The highest BCUT2D eigenvalue weighted by Gasteiger charge is 2.16. The van der Waals surface area contributed by atoms with Crippen molar-refractivity contribution in [1.82, 2.24) is 25.5 Å². The predicted octanol–water partition coefficient (Wildman–Crippen LogP) is 2.23. The minimum atomic E-state index is -0.763. The summed E-state index contributed by atoms with van der Waals surface area (Å²) in [5.74, 6) is -1.35. The lowest BCUT2D eigenvalue weighted by Gasteiger charge is -2.21. The third-order valence-corrected chi connectivity index (χ3v) is 6.08. The van der Waals surface area contributed by atoms with Crippen molar-refractivity contribution in [3.63, 3.8) is 0 Å². The van der Waals surface area contributed by atoms with Crippen LogP contribution in [0, 0.1) is 0 Å². The van der Waals surface area contributed by atoms with E-state index in [2.05, 4.69) is 30.7 Å². The average Bonchev–Trinajstić information content (AvgIpc) is 2.97. The molecule has 1 aromatic carbocycles. The van der Waals surface area contributed by atoms with Crippen molar-refractivity contribution in [2.45, 2.75) is 45.3 Å². The molecule has 2 aromatic heterocycles. The Morgan fingerprint density at radius 3 is 2.00 bits per heavy atom. The lowest BCUT2D eigenvalue weighted by atomic mass is 10.1. The van der Waals surface area contributed by atoms with E-state index in [1.165, 1.54) is 14.0 Å². The van der Waals surface area contributed by atoms with Crippen LogP contribution in [0.25, 0.3) is 0 Å². The van der Waals surface area contributed by atoms with Crippen LogP contribution < -0.4 is 16.0 Å². The van der Waals surface area contributed by atoms with E-state index in [0.29, 0.717) is 31.7 Å². The van der Waals surface area contributed by atoms with Crippen LogP contribution in [0.5, 0.6) is 0 Å². The van der Waals surface area contributed by atoms with E-state index in [-0.39, 0.29) is 31.2 Å². The van der Waals surface area contributed by atoms with Crippen molar-refractivity contribution in [2.75, 3.05) is 25.5 Å². The summed E-state index contributed by atoms with van der Waals surface area (Å²) in [6.07, 6.45) is 4.05. The first-order chi connectivity index (χ1) is 19.8. The van der Waals surface area contributed by atoms with Gasteiger partial charge < -0.3 is 20.7 Å². The normalized spacial score (nSPS) is 11.4. The van der Waals surface area contributed by atoms with Crippen molar-refractivity contribution in [3.8, 4) is 0 Å². The summed E-state index contributed by atoms with van der Waals surface area (Å²) in [6, 6.07) is 18.1. The number of hydrogen-bond donors (Lipinski definition) is 3. The highest BCUT2D eigenvalue weighted by molar-refractivity contribution is 5.92. The molecular weight excluding hydrogens is 524 g/mol. The van der Waals surface area contributed by atoms with Crippen LogP contribution in [-0.4, -0.2) is 64.8 Å². The maximum absolute atomic E-state index is 12.9. The molecule has 3 N–H and O–H groups in total. The average molecular weight is 561 g/mol. The van der Waals surface area contributed by atoms with Gasteiger partial charge in [-0.3, -0.25) is 29.3 Å². The molecule has 3 aromatic rings. The number of ether oxygens (including phenoxy) is 1. The standard InChI is InChI=1S/C30H36N6O5/c1-22(30(40)41-2)34-28(38)14-13-27(37)33-18-15-23-9-11-24(12-10-23)35-29(39)21-36(19-25-7-3-5-16-31-25)20-26-8-4-6-17-32-26/h3-12,16-17,22H,13-15,18-21H2,1-2H3,(H,33,37)(H,34,38)(H,35,39). The molecule has 41 heavy (non-hydrogen) atoms. The number of hydrogen-bond acceptors (Lipinski definition) is 8. The van der Waals surface area contributed by atoms with Gasteiger partial charge in [0.05, 0.1) is 25.0 Å². The largest absolute Gasteiger partial charge is 0.467 e. The summed E-state index contributed by atoms with van der Waals surface area (Å²) < 4.78 is 4.56. The van der Waals surface area contributed by atoms with Crippen LogP contribution in [0.15, 0.2) is 73.1 Å². The molecule has 0 bridgehead atoms. The second kappa shape index (κ2) is 16.5. The maximum atomic E-state index is 12.9. The van der Waals surface area contributed by atoms with E-state index in [1.54, 1.807) is 12.4 Å². The molecule has 0 saturated carbocycles. The highest BCUT2D eigenvalue weighted by atomic mass is 16.5. The molecule has 1 unspecified atom stereocenters. The summed E-state index contributed by atoms with van der Waals surface area (Å²) in [5, 5.41) is 8.21. The smallest absolute Gasteiger partial charge is 0.328 e. The fourth-order valence-electron chi connectivity index (χ4n) is 3.98. The van der Waals surface area contributed by atoms with Crippen LogP contribution in [0.3, 0.4) is 0 Å². The second-order valence-electron chi connectivity index (χ2n) is 9.44. The number of amides is 3. The first-order valence-electron chi connectivity index (χ1n) is 13.4. The Morgan fingerprint density at radius 2 is 1.44 bits per heavy atom. The van der Waals surface area contributed by atoms with E-state index in [0.717, 1.165) is 17.0 Å². The van der Waals surface area contributed by atoms with E-state index < -0.39 is 17.9 Å². The summed E-state index contributed by atoms with van der Waals surface area (Å²) in [4.78, 5) is 58.9. The molecular formula is C30H36N6O5. The van der Waals surface area contributed by atoms with Gasteiger partial charge in [-0.05, 0) is 55.3 Å². The summed E-state index contributed by atoms with van der Waals surface area (Å²) >= 11 is 0. The number of nitrogens with one attached hydrogen (secondary N) is 3. The summed E-state index contributed by atoms with van der Waals surface area (Å²) in [6.45, 7) is 3.10. The van der Waals surface area contributed by atoms with Crippen LogP contribution in [0.1, 0.15) is 36.7 Å². The van der Waals surface area contributed by atoms with E-state index in [1.807, 2.05) is 65.6 Å². The zero-order valence-corrected chi connectivity index (χ0v) is 23.3. The summed E-state index contributed by atoms with van der Waals surface area (Å²) in [7, 11) is 1.24. The highest BCUT2D eigenvalue weighted by Crippen LogP contribution is 2.12. The molecule has 1 atom stereocenters. The van der Waals surface area contributed by atoms with E-state index in [9.17, 15) is 19.2 Å². The molecule has 2 heterocycles. The predicted molar refractivity (Wildman–Crippen MR) is 153 cm³/mol. The van der Waals surface area contributed by atoms with Crippen molar-refractivity contribution >= 4 is 29.4 Å². The second-order valence-corrected chi connectivity index (χ2v) is 9.44. The Hall–Kier alpha value is -4.64. The van der Waals surface area contributed by atoms with Gasteiger partial charge >= 0.3 is 5.97 Å². The van der Waals surface area contributed by atoms with Gasteiger partial charge in [0.25, 0.3) is 0 Å². The van der Waals surface area contributed by atoms with Crippen molar-refractivity contribution in [2.24, 2.45) is 0 Å². The van der Waals surface area contributed by atoms with Crippen LogP contribution in [-0.2, 0) is 43.4 Å². The molecule has 0 spiro atoms. The minimum absolute atomic E-state index is 0.0163. The number of aromatic nitrogens is 2. The van der Waals surface area contributed by atoms with Gasteiger partial charge in [0, 0.05) is 50.6 Å². The molecule has 3 amide bonds. The number of anilines is 1. The number of carbonyl (C=O) groups excluding carboxylic acids is 4. The van der Waals surface area contributed by atoms with Crippen LogP contribution in [0.4, 0.5) is 5.69 Å². The van der Waals surface area contributed by atoms with Gasteiger partial charge in [-0.1, -0.05) is 24.3 Å². The SMILES string of the molecule is COC(=O)C(C)NC(=O)CCC(=O)NCCc1ccc(NC(=O)CN(Cc2ccccn2)Cc2ccccn2)cc1. The Labute approximate surface area is 239 Å². The molecule has 0 radical (unpaired) electrons.